The fourth-order valence-corrected chi connectivity index (χ4v) is 7.60. The van der Waals surface area contributed by atoms with Crippen LogP contribution in [0, 0.1) is 6.92 Å². The Morgan fingerprint density at radius 1 is 0.919 bits per heavy atom. The molecule has 7 nitrogen and oxygen atoms in total. The number of hydrogen-bond donors (Lipinski definition) is 1. The van der Waals surface area contributed by atoms with Gasteiger partial charge < -0.3 is 14.0 Å². The maximum Gasteiger partial charge on any atom is 0.289 e. The van der Waals surface area contributed by atoms with Gasteiger partial charge in [0.05, 0.1) is 24.3 Å². The molecule has 200 valence electrons. The Labute approximate surface area is 224 Å². The van der Waals surface area contributed by atoms with E-state index < -0.39 is 28.6 Å². The summed E-state index contributed by atoms with van der Waals surface area (Å²) in [5, 5.41) is -0.193. The van der Waals surface area contributed by atoms with Crippen LogP contribution in [0.4, 0.5) is 0 Å². The van der Waals surface area contributed by atoms with Gasteiger partial charge in [0, 0.05) is 16.6 Å². The number of ether oxygens (including phenoxy) is 2. The van der Waals surface area contributed by atoms with Crippen LogP contribution in [-0.4, -0.2) is 27.8 Å². The van der Waals surface area contributed by atoms with Gasteiger partial charge >= 0.3 is 0 Å². The molecule has 0 aliphatic carbocycles. The number of aryl methyl sites for hydroxylation is 1. The summed E-state index contributed by atoms with van der Waals surface area (Å²) in [6.07, 6.45) is 0. The van der Waals surface area contributed by atoms with Crippen molar-refractivity contribution < 1.29 is 27.0 Å². The minimum absolute atomic E-state index is 0.133. The molecular formula is C27H33ClNO6PS. The quantitative estimate of drug-likeness (QED) is 0.298. The van der Waals surface area contributed by atoms with Crippen molar-refractivity contribution in [2.45, 2.75) is 50.7 Å². The first-order valence-electron chi connectivity index (χ1n) is 11.6. The van der Waals surface area contributed by atoms with E-state index in [-0.39, 0.29) is 10.6 Å². The molecule has 0 spiro atoms. The molecule has 1 N–H and O–H groups in total. The zero-order valence-corrected chi connectivity index (χ0v) is 24.5. The van der Waals surface area contributed by atoms with E-state index in [4.69, 9.17) is 25.6 Å². The number of halogens is 1. The van der Waals surface area contributed by atoms with Crippen molar-refractivity contribution in [3.8, 4) is 17.2 Å². The minimum Gasteiger partial charge on any atom is -0.496 e. The molecule has 0 heterocycles. The molecule has 0 fully saturated rings. The van der Waals surface area contributed by atoms with Gasteiger partial charge in [0.2, 0.25) is 10.0 Å². The summed E-state index contributed by atoms with van der Waals surface area (Å²) in [5.41, 5.74) is 1.38. The predicted octanol–water partition coefficient (Wildman–Crippen LogP) is 6.49. The number of hydrogen-bond acceptors (Lipinski definition) is 6. The van der Waals surface area contributed by atoms with Gasteiger partial charge in [-0.25, -0.2) is 13.1 Å². The molecule has 3 aromatic rings. The lowest BCUT2D eigenvalue weighted by molar-refractivity contribution is 0.394. The van der Waals surface area contributed by atoms with Crippen molar-refractivity contribution in [3.05, 3.63) is 76.8 Å². The van der Waals surface area contributed by atoms with Gasteiger partial charge in [-0.05, 0) is 77.1 Å². The number of rotatable bonds is 9. The lowest BCUT2D eigenvalue weighted by Crippen LogP contribution is -2.30. The largest absolute Gasteiger partial charge is 0.496 e. The van der Waals surface area contributed by atoms with Crippen molar-refractivity contribution in [1.29, 1.82) is 0 Å². The highest BCUT2D eigenvalue weighted by Crippen LogP contribution is 2.61. The Morgan fingerprint density at radius 3 is 2.00 bits per heavy atom. The molecule has 2 atom stereocenters. The topological polar surface area (TPSA) is 90.9 Å². The van der Waals surface area contributed by atoms with Gasteiger partial charge in [-0.1, -0.05) is 35.4 Å². The fraction of sp³-hybridized carbons (Fsp3) is 0.333. The van der Waals surface area contributed by atoms with Crippen molar-refractivity contribution in [2.24, 2.45) is 0 Å². The van der Waals surface area contributed by atoms with E-state index >= 15 is 0 Å². The van der Waals surface area contributed by atoms with E-state index in [1.54, 1.807) is 88.4 Å². The number of sulfonamides is 1. The SMILES string of the molecule is COc1cccc(OC)c1[P@](=O)(Oc1ccc(Cl)cc1[C@@H](C)NS(=O)(=O)c1ccc(C)cc1)C(C)(C)C. The first kappa shape index (κ1) is 29.1. The lowest BCUT2D eigenvalue weighted by Gasteiger charge is -2.34. The number of benzene rings is 3. The van der Waals surface area contributed by atoms with Gasteiger partial charge in [-0.15, -0.1) is 0 Å². The number of nitrogens with one attached hydrogen (secondary N) is 1. The molecule has 0 amide bonds. The maximum atomic E-state index is 14.8. The van der Waals surface area contributed by atoms with E-state index in [9.17, 15) is 13.0 Å². The molecule has 0 unspecified atom stereocenters. The normalized spacial score (nSPS) is 14.5. The summed E-state index contributed by atoms with van der Waals surface area (Å²) in [6.45, 7) is 8.97. The third-order valence-corrected chi connectivity index (χ3v) is 10.9. The summed E-state index contributed by atoms with van der Waals surface area (Å²) in [6, 6.07) is 15.7. The molecular weight excluding hydrogens is 533 g/mol. The first-order chi connectivity index (χ1) is 17.2. The van der Waals surface area contributed by atoms with Crippen LogP contribution in [0.15, 0.2) is 65.6 Å². The van der Waals surface area contributed by atoms with Gasteiger partial charge in [0.1, 0.15) is 22.6 Å². The standard InChI is InChI=1S/C27H33ClNO6PS/c1-18-11-14-21(15-12-18)37(31,32)29-19(2)22-17-20(28)13-16-23(22)35-36(30,27(3,4)5)26-24(33-6)9-8-10-25(26)34-7/h8-17,19,29H,1-7H3/t19-,36+/m1/s1. The van der Waals surface area contributed by atoms with Crippen LogP contribution < -0.4 is 24.0 Å². The van der Waals surface area contributed by atoms with E-state index in [2.05, 4.69) is 4.72 Å². The van der Waals surface area contributed by atoms with Crippen LogP contribution in [0.5, 0.6) is 17.2 Å². The molecule has 0 aliphatic rings. The van der Waals surface area contributed by atoms with Gasteiger partial charge in [0.15, 0.2) is 0 Å². The zero-order valence-electron chi connectivity index (χ0n) is 22.0. The van der Waals surface area contributed by atoms with Crippen LogP contribution >= 0.6 is 19.0 Å². The summed E-state index contributed by atoms with van der Waals surface area (Å²) < 4.78 is 61.1. The highest BCUT2D eigenvalue weighted by molar-refractivity contribution is 7.89. The van der Waals surface area contributed by atoms with Crippen LogP contribution in [-0.2, 0) is 14.6 Å². The van der Waals surface area contributed by atoms with Crippen LogP contribution in [0.25, 0.3) is 0 Å². The van der Waals surface area contributed by atoms with Crippen molar-refractivity contribution in [3.63, 3.8) is 0 Å². The predicted molar refractivity (Wildman–Crippen MR) is 149 cm³/mol. The summed E-state index contributed by atoms with van der Waals surface area (Å²) >= 11 is 6.30. The smallest absolute Gasteiger partial charge is 0.289 e. The summed E-state index contributed by atoms with van der Waals surface area (Å²) in [7, 11) is -4.64. The Hall–Kier alpha value is -2.51. The molecule has 0 aliphatic heterocycles. The maximum absolute atomic E-state index is 14.8. The van der Waals surface area contributed by atoms with Crippen molar-refractivity contribution in [1.82, 2.24) is 4.72 Å². The fourth-order valence-electron chi connectivity index (χ4n) is 3.80. The Morgan fingerprint density at radius 2 is 1.49 bits per heavy atom. The summed E-state index contributed by atoms with van der Waals surface area (Å²) in [5.74, 6) is 0.956. The highest BCUT2D eigenvalue weighted by Gasteiger charge is 2.46. The third kappa shape index (κ3) is 6.15. The second-order valence-corrected chi connectivity index (χ2v) is 14.9. The van der Waals surface area contributed by atoms with E-state index in [0.29, 0.717) is 27.4 Å². The van der Waals surface area contributed by atoms with Crippen LogP contribution in [0.2, 0.25) is 5.02 Å². The monoisotopic (exact) mass is 565 g/mol. The highest BCUT2D eigenvalue weighted by atomic mass is 35.5. The Bertz CT molecular complexity index is 1400. The van der Waals surface area contributed by atoms with Crippen molar-refractivity contribution >= 4 is 34.3 Å². The minimum atomic E-state index is -3.86. The molecule has 0 bridgehead atoms. The van der Waals surface area contributed by atoms with Gasteiger partial charge in [-0.3, -0.25) is 4.57 Å². The second-order valence-electron chi connectivity index (χ2n) is 9.66. The Balaban J connectivity index is 2.11. The zero-order chi connectivity index (χ0) is 27.6. The molecule has 0 aromatic heterocycles. The third-order valence-electron chi connectivity index (χ3n) is 5.91. The molecule has 10 heteroatoms. The number of methoxy groups -OCH3 is 2. The lowest BCUT2D eigenvalue weighted by atomic mass is 10.1. The Kier molecular flexibility index (Phi) is 8.70. The summed E-state index contributed by atoms with van der Waals surface area (Å²) in [4.78, 5) is 0.133. The van der Waals surface area contributed by atoms with Crippen LogP contribution in [0.1, 0.15) is 44.9 Å². The second kappa shape index (κ2) is 11.1. The van der Waals surface area contributed by atoms with E-state index in [1.807, 2.05) is 6.92 Å². The molecule has 3 aromatic carbocycles. The van der Waals surface area contributed by atoms with E-state index in [1.165, 1.54) is 14.2 Å². The average Bonchev–Trinajstić information content (AvgIpc) is 2.83. The molecule has 37 heavy (non-hydrogen) atoms. The molecule has 0 saturated carbocycles. The molecule has 0 radical (unpaired) electrons. The van der Waals surface area contributed by atoms with Crippen LogP contribution in [0.3, 0.4) is 0 Å². The first-order valence-corrected chi connectivity index (χ1v) is 15.1. The van der Waals surface area contributed by atoms with Gasteiger partial charge in [0.25, 0.3) is 7.37 Å². The van der Waals surface area contributed by atoms with Gasteiger partial charge in [-0.2, -0.15) is 0 Å². The average molecular weight is 566 g/mol. The molecule has 3 rings (SSSR count). The van der Waals surface area contributed by atoms with E-state index in [0.717, 1.165) is 5.56 Å². The molecule has 0 saturated heterocycles. The van der Waals surface area contributed by atoms with Crippen molar-refractivity contribution in [2.75, 3.05) is 14.2 Å².